The van der Waals surface area contributed by atoms with Gasteiger partial charge in [0.25, 0.3) is 11.8 Å². The van der Waals surface area contributed by atoms with E-state index in [1.54, 1.807) is 18.2 Å². The van der Waals surface area contributed by atoms with Crippen LogP contribution < -0.4 is 10.7 Å². The van der Waals surface area contributed by atoms with E-state index in [1.165, 1.54) is 24.6 Å². The summed E-state index contributed by atoms with van der Waals surface area (Å²) >= 11 is 11.7. The molecule has 8 heteroatoms. The molecule has 0 saturated heterocycles. The van der Waals surface area contributed by atoms with Gasteiger partial charge in [0.05, 0.1) is 29.6 Å². The Kier molecular flexibility index (Phi) is 5.57. The first-order valence-electron chi connectivity index (χ1n) is 6.15. The maximum Gasteiger partial charge on any atom is 0.259 e. The highest BCUT2D eigenvalue weighted by molar-refractivity contribution is 6.35. The van der Waals surface area contributed by atoms with Crippen LogP contribution in [0.2, 0.25) is 10.0 Å². The average Bonchev–Trinajstić information content (AvgIpc) is 3.00. The van der Waals surface area contributed by atoms with E-state index in [9.17, 15) is 9.59 Å². The Bertz CT molecular complexity index is 699. The van der Waals surface area contributed by atoms with Crippen LogP contribution in [0.3, 0.4) is 0 Å². The molecule has 0 aliphatic rings. The number of hydrazone groups is 1. The molecule has 0 spiro atoms. The van der Waals surface area contributed by atoms with Crippen molar-refractivity contribution in [2.24, 2.45) is 5.10 Å². The highest BCUT2D eigenvalue weighted by Crippen LogP contribution is 2.20. The zero-order chi connectivity index (χ0) is 15.9. The quantitative estimate of drug-likeness (QED) is 0.648. The van der Waals surface area contributed by atoms with Crippen molar-refractivity contribution in [1.29, 1.82) is 0 Å². The van der Waals surface area contributed by atoms with E-state index < -0.39 is 11.8 Å². The van der Waals surface area contributed by atoms with Gasteiger partial charge in [-0.3, -0.25) is 9.59 Å². The van der Waals surface area contributed by atoms with Crippen molar-refractivity contribution in [2.45, 2.75) is 0 Å². The van der Waals surface area contributed by atoms with Crippen LogP contribution in [0.4, 0.5) is 0 Å². The van der Waals surface area contributed by atoms with E-state index in [0.29, 0.717) is 10.8 Å². The van der Waals surface area contributed by atoms with Crippen molar-refractivity contribution in [1.82, 2.24) is 10.7 Å². The SMILES string of the molecule is O=C(CNC(=O)c1cc(Cl)ccc1Cl)N/N=C/c1ccco1. The standard InChI is InChI=1S/C14H11Cl2N3O3/c15-9-3-4-12(16)11(6-9)14(21)17-8-13(20)19-18-7-10-2-1-5-22-10/h1-7H,8H2,(H,17,21)(H,19,20)/b18-7+. The molecule has 6 nitrogen and oxygen atoms in total. The van der Waals surface area contributed by atoms with Crippen LogP contribution in [0.1, 0.15) is 16.1 Å². The van der Waals surface area contributed by atoms with E-state index in [2.05, 4.69) is 15.8 Å². The van der Waals surface area contributed by atoms with Gasteiger partial charge in [-0.15, -0.1) is 0 Å². The Labute approximate surface area is 136 Å². The molecule has 2 rings (SSSR count). The lowest BCUT2D eigenvalue weighted by Crippen LogP contribution is -2.35. The number of furan rings is 1. The number of carbonyl (C=O) groups excluding carboxylic acids is 2. The predicted molar refractivity (Wildman–Crippen MR) is 83.2 cm³/mol. The predicted octanol–water partition coefficient (Wildman–Crippen LogP) is 2.47. The molecule has 0 atom stereocenters. The molecule has 1 heterocycles. The van der Waals surface area contributed by atoms with Gasteiger partial charge in [0, 0.05) is 5.02 Å². The maximum atomic E-state index is 11.9. The summed E-state index contributed by atoms with van der Waals surface area (Å²) in [5.74, 6) is -0.498. The summed E-state index contributed by atoms with van der Waals surface area (Å²) in [6.45, 7) is -0.253. The van der Waals surface area contributed by atoms with Crippen molar-refractivity contribution in [3.8, 4) is 0 Å². The van der Waals surface area contributed by atoms with Gasteiger partial charge in [-0.25, -0.2) is 5.43 Å². The minimum absolute atomic E-state index is 0.195. The highest BCUT2D eigenvalue weighted by atomic mass is 35.5. The first-order chi connectivity index (χ1) is 10.6. The fraction of sp³-hybridized carbons (Fsp3) is 0.0714. The number of amides is 2. The van der Waals surface area contributed by atoms with Crippen LogP contribution in [-0.4, -0.2) is 24.6 Å². The van der Waals surface area contributed by atoms with Gasteiger partial charge < -0.3 is 9.73 Å². The van der Waals surface area contributed by atoms with E-state index in [4.69, 9.17) is 27.6 Å². The second kappa shape index (κ2) is 7.63. The third-order valence-electron chi connectivity index (χ3n) is 2.51. The lowest BCUT2D eigenvalue weighted by atomic mass is 10.2. The molecule has 2 amide bonds. The van der Waals surface area contributed by atoms with Gasteiger partial charge in [0.1, 0.15) is 5.76 Å². The van der Waals surface area contributed by atoms with E-state index in [-0.39, 0.29) is 17.1 Å². The molecular formula is C14H11Cl2N3O3. The number of hydrogen-bond donors (Lipinski definition) is 2. The van der Waals surface area contributed by atoms with E-state index >= 15 is 0 Å². The van der Waals surface area contributed by atoms with Gasteiger partial charge in [-0.2, -0.15) is 5.10 Å². The van der Waals surface area contributed by atoms with Crippen molar-refractivity contribution in [3.05, 3.63) is 58.0 Å². The molecule has 1 aromatic carbocycles. The number of hydrogen-bond acceptors (Lipinski definition) is 4. The molecular weight excluding hydrogens is 329 g/mol. The van der Waals surface area contributed by atoms with Crippen LogP contribution in [0.5, 0.6) is 0 Å². The maximum absolute atomic E-state index is 11.9. The van der Waals surface area contributed by atoms with Crippen LogP contribution in [0, 0.1) is 0 Å². The van der Waals surface area contributed by atoms with Gasteiger partial charge >= 0.3 is 0 Å². The fourth-order valence-electron chi connectivity index (χ4n) is 1.50. The van der Waals surface area contributed by atoms with E-state index in [0.717, 1.165) is 0 Å². The topological polar surface area (TPSA) is 83.7 Å². The molecule has 0 aliphatic carbocycles. The van der Waals surface area contributed by atoms with Crippen molar-refractivity contribution < 1.29 is 14.0 Å². The number of carbonyl (C=O) groups is 2. The Morgan fingerprint density at radius 3 is 2.82 bits per heavy atom. The summed E-state index contributed by atoms with van der Waals surface area (Å²) in [5.41, 5.74) is 2.45. The molecule has 0 saturated carbocycles. The first-order valence-corrected chi connectivity index (χ1v) is 6.90. The molecule has 2 aromatic rings. The Morgan fingerprint density at radius 2 is 2.09 bits per heavy atom. The third kappa shape index (κ3) is 4.61. The Hall–Kier alpha value is -2.31. The monoisotopic (exact) mass is 339 g/mol. The molecule has 0 aliphatic heterocycles. The van der Waals surface area contributed by atoms with Gasteiger partial charge in [-0.1, -0.05) is 23.2 Å². The van der Waals surface area contributed by atoms with Gasteiger partial charge in [-0.05, 0) is 30.3 Å². The highest BCUT2D eigenvalue weighted by Gasteiger charge is 2.12. The zero-order valence-electron chi connectivity index (χ0n) is 11.2. The lowest BCUT2D eigenvalue weighted by molar-refractivity contribution is -0.120. The van der Waals surface area contributed by atoms with Crippen molar-refractivity contribution >= 4 is 41.2 Å². The van der Waals surface area contributed by atoms with Crippen LogP contribution >= 0.6 is 23.2 Å². The number of halogens is 2. The van der Waals surface area contributed by atoms with Crippen LogP contribution in [0.15, 0.2) is 46.1 Å². The fourth-order valence-corrected chi connectivity index (χ4v) is 1.87. The normalized spacial score (nSPS) is 10.6. The van der Waals surface area contributed by atoms with Crippen LogP contribution in [0.25, 0.3) is 0 Å². The molecule has 1 aromatic heterocycles. The van der Waals surface area contributed by atoms with Gasteiger partial charge in [0.15, 0.2) is 0 Å². The second-order valence-corrected chi connectivity index (χ2v) is 4.96. The molecule has 0 unspecified atom stereocenters. The van der Waals surface area contributed by atoms with Gasteiger partial charge in [0.2, 0.25) is 0 Å². The molecule has 0 fully saturated rings. The number of benzene rings is 1. The summed E-state index contributed by atoms with van der Waals surface area (Å²) in [7, 11) is 0. The summed E-state index contributed by atoms with van der Waals surface area (Å²) in [6.07, 6.45) is 2.83. The van der Waals surface area contributed by atoms with Crippen LogP contribution in [-0.2, 0) is 4.79 Å². The zero-order valence-corrected chi connectivity index (χ0v) is 12.7. The van der Waals surface area contributed by atoms with E-state index in [1.807, 2.05) is 0 Å². The first kappa shape index (κ1) is 16.1. The Morgan fingerprint density at radius 1 is 1.27 bits per heavy atom. The summed E-state index contributed by atoms with van der Waals surface area (Å²) in [5, 5.41) is 6.72. The minimum atomic E-state index is -0.502. The molecule has 114 valence electrons. The van der Waals surface area contributed by atoms with Crippen molar-refractivity contribution in [2.75, 3.05) is 6.54 Å². The smallest absolute Gasteiger partial charge is 0.259 e. The Balaban J connectivity index is 1.83. The third-order valence-corrected chi connectivity index (χ3v) is 3.07. The number of nitrogens with zero attached hydrogens (tertiary/aromatic N) is 1. The molecule has 0 radical (unpaired) electrons. The second-order valence-electron chi connectivity index (χ2n) is 4.12. The molecule has 0 bridgehead atoms. The summed E-state index contributed by atoms with van der Waals surface area (Å²) < 4.78 is 5.00. The summed E-state index contributed by atoms with van der Waals surface area (Å²) in [4.78, 5) is 23.4. The largest absolute Gasteiger partial charge is 0.463 e. The summed E-state index contributed by atoms with van der Waals surface area (Å²) in [6, 6.07) is 7.87. The lowest BCUT2D eigenvalue weighted by Gasteiger charge is -2.06. The number of nitrogens with one attached hydrogen (secondary N) is 2. The average molecular weight is 340 g/mol. The molecule has 22 heavy (non-hydrogen) atoms. The minimum Gasteiger partial charge on any atom is -0.463 e. The molecule has 2 N–H and O–H groups in total. The van der Waals surface area contributed by atoms with Crippen molar-refractivity contribution in [3.63, 3.8) is 0 Å². The number of rotatable bonds is 5.